The van der Waals surface area contributed by atoms with Crippen LogP contribution >= 0.6 is 0 Å². The number of hydrogen-bond acceptors (Lipinski definition) is 4. The molecule has 0 atom stereocenters. The molecule has 1 aromatic heterocycles. The number of fused-ring (bicyclic) bond motifs is 4. The van der Waals surface area contributed by atoms with Gasteiger partial charge in [0.25, 0.3) is 5.91 Å². The molecule has 4 aliphatic rings. The Morgan fingerprint density at radius 3 is 2.36 bits per heavy atom. The van der Waals surface area contributed by atoms with Crippen LogP contribution in [0.25, 0.3) is 11.3 Å². The number of nitrogens with one attached hydrogen (secondary N) is 1. The van der Waals surface area contributed by atoms with Crippen molar-refractivity contribution in [3.63, 3.8) is 0 Å². The van der Waals surface area contributed by atoms with E-state index >= 15 is 0 Å². The van der Waals surface area contributed by atoms with E-state index in [0.29, 0.717) is 17.6 Å². The molecule has 6 heteroatoms. The zero-order valence-corrected chi connectivity index (χ0v) is 15.9. The van der Waals surface area contributed by atoms with Gasteiger partial charge in [-0.1, -0.05) is 0 Å². The van der Waals surface area contributed by atoms with Crippen LogP contribution in [-0.4, -0.2) is 53.8 Å². The minimum absolute atomic E-state index is 0.00619. The SMILES string of the molecule is O=C(Nc1ccc(-c2ccc(C(=O)N3CCN4CCC3CC4)o2)cc1)C1CC1. The number of carbonyl (C=O) groups excluding carboxylic acids is 2. The van der Waals surface area contributed by atoms with Gasteiger partial charge in [-0.2, -0.15) is 0 Å². The normalized spacial score (nSPS) is 24.1. The molecule has 3 saturated heterocycles. The Morgan fingerprint density at radius 2 is 1.64 bits per heavy atom. The highest BCUT2D eigenvalue weighted by Crippen LogP contribution is 2.31. The van der Waals surface area contributed by atoms with Crippen molar-refractivity contribution in [1.29, 1.82) is 0 Å². The van der Waals surface area contributed by atoms with Crippen LogP contribution in [0.5, 0.6) is 0 Å². The summed E-state index contributed by atoms with van der Waals surface area (Å²) in [4.78, 5) is 29.3. The number of nitrogens with zero attached hydrogens (tertiary/aromatic N) is 2. The lowest BCUT2D eigenvalue weighted by Gasteiger charge is -2.30. The summed E-state index contributed by atoms with van der Waals surface area (Å²) >= 11 is 0. The Kier molecular flexibility index (Phi) is 4.43. The number of amides is 2. The number of carbonyl (C=O) groups is 2. The average molecular weight is 379 g/mol. The van der Waals surface area contributed by atoms with Crippen molar-refractivity contribution in [1.82, 2.24) is 9.80 Å². The highest BCUT2D eigenvalue weighted by atomic mass is 16.4. The van der Waals surface area contributed by atoms with Crippen LogP contribution in [0.2, 0.25) is 0 Å². The maximum atomic E-state index is 13.0. The number of benzene rings is 1. The average Bonchev–Trinajstić information content (AvgIpc) is 3.52. The summed E-state index contributed by atoms with van der Waals surface area (Å²) in [6, 6.07) is 11.5. The number of hydrogen-bond donors (Lipinski definition) is 1. The van der Waals surface area contributed by atoms with Crippen molar-refractivity contribution in [2.45, 2.75) is 31.7 Å². The molecular weight excluding hydrogens is 354 g/mol. The van der Waals surface area contributed by atoms with E-state index in [1.54, 1.807) is 6.07 Å². The van der Waals surface area contributed by atoms with Gasteiger partial charge in [-0.05, 0) is 62.1 Å². The number of furan rings is 1. The monoisotopic (exact) mass is 379 g/mol. The van der Waals surface area contributed by atoms with Gasteiger partial charge in [0.2, 0.25) is 5.91 Å². The van der Waals surface area contributed by atoms with Crippen LogP contribution in [0.4, 0.5) is 5.69 Å². The Bertz CT molecular complexity index is 877. The van der Waals surface area contributed by atoms with E-state index < -0.39 is 0 Å². The molecule has 3 aliphatic heterocycles. The van der Waals surface area contributed by atoms with E-state index in [0.717, 1.165) is 63.1 Å². The molecule has 1 aromatic carbocycles. The van der Waals surface area contributed by atoms with Crippen molar-refractivity contribution >= 4 is 17.5 Å². The third-order valence-electron chi connectivity index (χ3n) is 6.12. The zero-order chi connectivity index (χ0) is 19.1. The molecule has 2 amide bonds. The molecular formula is C22H25N3O3. The predicted molar refractivity (Wildman–Crippen MR) is 106 cm³/mol. The van der Waals surface area contributed by atoms with Crippen molar-refractivity contribution in [3.8, 4) is 11.3 Å². The highest BCUT2D eigenvalue weighted by Gasteiger charge is 2.33. The molecule has 6 nitrogen and oxygen atoms in total. The van der Waals surface area contributed by atoms with Gasteiger partial charge in [0.15, 0.2) is 5.76 Å². The molecule has 1 saturated carbocycles. The number of piperidine rings is 1. The summed E-state index contributed by atoms with van der Waals surface area (Å²) in [5.41, 5.74) is 1.69. The van der Waals surface area contributed by atoms with Gasteiger partial charge in [-0.25, -0.2) is 0 Å². The van der Waals surface area contributed by atoms with Crippen molar-refractivity contribution in [2.75, 3.05) is 31.5 Å². The lowest BCUT2D eigenvalue weighted by atomic mass is 10.1. The first kappa shape index (κ1) is 17.5. The molecule has 1 aliphatic carbocycles. The van der Waals surface area contributed by atoms with Crippen LogP contribution in [0.15, 0.2) is 40.8 Å². The van der Waals surface area contributed by atoms with E-state index in [1.807, 2.05) is 35.2 Å². The fourth-order valence-electron chi connectivity index (χ4n) is 4.21. The van der Waals surface area contributed by atoms with E-state index in [4.69, 9.17) is 4.42 Å². The third-order valence-corrected chi connectivity index (χ3v) is 6.12. The lowest BCUT2D eigenvalue weighted by Crippen LogP contribution is -2.41. The molecule has 2 bridgehead atoms. The maximum Gasteiger partial charge on any atom is 0.289 e. The van der Waals surface area contributed by atoms with Gasteiger partial charge >= 0.3 is 0 Å². The quantitative estimate of drug-likeness (QED) is 0.886. The van der Waals surface area contributed by atoms with Gasteiger partial charge in [-0.15, -0.1) is 0 Å². The fourth-order valence-corrected chi connectivity index (χ4v) is 4.21. The van der Waals surface area contributed by atoms with E-state index in [-0.39, 0.29) is 17.7 Å². The summed E-state index contributed by atoms with van der Waals surface area (Å²) in [5, 5.41) is 2.94. The van der Waals surface area contributed by atoms with Crippen molar-refractivity contribution in [3.05, 3.63) is 42.2 Å². The zero-order valence-electron chi connectivity index (χ0n) is 15.9. The van der Waals surface area contributed by atoms with Crippen molar-refractivity contribution < 1.29 is 14.0 Å². The Labute approximate surface area is 164 Å². The standard InChI is InChI=1S/C22H25N3O3/c26-21(16-1-2-16)23-17-5-3-15(4-6-17)19-7-8-20(28-19)22(27)25-14-13-24-11-9-18(25)10-12-24/h3-8,16,18H,1-2,9-14H2,(H,23,26). The molecule has 2 aromatic rings. The minimum Gasteiger partial charge on any atom is -0.451 e. The summed E-state index contributed by atoms with van der Waals surface area (Å²) in [7, 11) is 0. The van der Waals surface area contributed by atoms with Gasteiger partial charge < -0.3 is 19.5 Å². The smallest absolute Gasteiger partial charge is 0.289 e. The van der Waals surface area contributed by atoms with Gasteiger partial charge in [0.05, 0.1) is 0 Å². The van der Waals surface area contributed by atoms with Crippen LogP contribution in [0.3, 0.4) is 0 Å². The lowest BCUT2D eigenvalue weighted by molar-refractivity contribution is -0.117. The van der Waals surface area contributed by atoms with Crippen LogP contribution in [-0.2, 0) is 4.79 Å². The summed E-state index contributed by atoms with van der Waals surface area (Å²) in [6.45, 7) is 3.89. The van der Waals surface area contributed by atoms with Crippen LogP contribution in [0.1, 0.15) is 36.2 Å². The van der Waals surface area contributed by atoms with E-state index in [1.165, 1.54) is 0 Å². The van der Waals surface area contributed by atoms with Crippen LogP contribution in [0, 0.1) is 5.92 Å². The molecule has 0 unspecified atom stereocenters. The van der Waals surface area contributed by atoms with Crippen molar-refractivity contribution in [2.24, 2.45) is 5.92 Å². The van der Waals surface area contributed by atoms with Gasteiger partial charge in [0.1, 0.15) is 5.76 Å². The third kappa shape index (κ3) is 3.44. The molecule has 0 radical (unpaired) electrons. The summed E-state index contributed by atoms with van der Waals surface area (Å²) < 4.78 is 5.91. The topological polar surface area (TPSA) is 65.8 Å². The van der Waals surface area contributed by atoms with Gasteiger partial charge in [-0.3, -0.25) is 9.59 Å². The first-order chi connectivity index (χ1) is 13.7. The van der Waals surface area contributed by atoms with E-state index in [2.05, 4.69) is 10.2 Å². The molecule has 4 heterocycles. The van der Waals surface area contributed by atoms with E-state index in [9.17, 15) is 9.59 Å². The van der Waals surface area contributed by atoms with Gasteiger partial charge in [0, 0.05) is 49.4 Å². The number of anilines is 1. The second-order valence-corrected chi connectivity index (χ2v) is 8.08. The maximum absolute atomic E-state index is 13.0. The Hall–Kier alpha value is -2.60. The summed E-state index contributed by atoms with van der Waals surface area (Å²) in [6.07, 6.45) is 4.08. The first-order valence-electron chi connectivity index (χ1n) is 10.2. The first-order valence-corrected chi connectivity index (χ1v) is 10.2. The molecule has 4 fully saturated rings. The summed E-state index contributed by atoms with van der Waals surface area (Å²) in [5.74, 6) is 1.35. The second kappa shape index (κ2) is 7.09. The molecule has 28 heavy (non-hydrogen) atoms. The highest BCUT2D eigenvalue weighted by molar-refractivity contribution is 5.94. The second-order valence-electron chi connectivity index (χ2n) is 8.08. The Balaban J connectivity index is 1.28. The minimum atomic E-state index is -0.00619. The molecule has 1 N–H and O–H groups in total. The molecule has 146 valence electrons. The fraction of sp³-hybridized carbons (Fsp3) is 0.455. The molecule has 0 spiro atoms. The number of rotatable bonds is 4. The van der Waals surface area contributed by atoms with Crippen LogP contribution < -0.4 is 5.32 Å². The predicted octanol–water partition coefficient (Wildman–Crippen LogP) is 3.22. The Morgan fingerprint density at radius 1 is 0.893 bits per heavy atom. The largest absolute Gasteiger partial charge is 0.451 e. The molecule has 6 rings (SSSR count).